The number of thiazole rings is 1. The molecule has 3 fully saturated rings. The number of ether oxygens (including phenoxy) is 3. The van der Waals surface area contributed by atoms with Crippen molar-refractivity contribution in [1.29, 1.82) is 0 Å². The zero-order chi connectivity index (χ0) is 36.5. The summed E-state index contributed by atoms with van der Waals surface area (Å²) < 4.78 is 32.2. The maximum absolute atomic E-state index is 14.6. The Balaban J connectivity index is 1.16. The second-order valence-corrected chi connectivity index (χ2v) is 15.7. The number of carbonyl (C=O) groups excluding carboxylic acids is 3. The number of amides is 3. The van der Waals surface area contributed by atoms with Crippen molar-refractivity contribution in [2.75, 3.05) is 26.4 Å². The number of nitrogens with zero attached hydrogens (tertiary/aromatic N) is 2. The maximum Gasteiger partial charge on any atom is 0.258 e. The number of rotatable bonds is 12. The zero-order valence-electron chi connectivity index (χ0n) is 29.7. The van der Waals surface area contributed by atoms with Gasteiger partial charge >= 0.3 is 0 Å². The highest BCUT2D eigenvalue weighted by Crippen LogP contribution is 2.40. The van der Waals surface area contributed by atoms with E-state index in [0.29, 0.717) is 25.6 Å². The number of aryl methyl sites for hydroxylation is 1. The first-order valence-corrected chi connectivity index (χ1v) is 18.4. The molecule has 13 heteroatoms. The molecule has 3 amide bonds. The third-order valence-corrected chi connectivity index (χ3v) is 10.7. The third kappa shape index (κ3) is 8.43. The van der Waals surface area contributed by atoms with Crippen molar-refractivity contribution in [1.82, 2.24) is 20.5 Å². The van der Waals surface area contributed by atoms with Crippen LogP contribution in [0.3, 0.4) is 0 Å². The van der Waals surface area contributed by atoms with Gasteiger partial charge in [-0.05, 0) is 42.4 Å². The van der Waals surface area contributed by atoms with E-state index in [1.807, 2.05) is 49.4 Å². The van der Waals surface area contributed by atoms with Crippen LogP contribution in [-0.2, 0) is 30.4 Å². The molecular weight excluding hydrogens is 676 g/mol. The van der Waals surface area contributed by atoms with Gasteiger partial charge in [0.1, 0.15) is 17.8 Å². The van der Waals surface area contributed by atoms with E-state index in [4.69, 9.17) is 14.2 Å². The highest BCUT2D eigenvalue weighted by Gasteiger charge is 2.53. The Kier molecular flexibility index (Phi) is 10.8. The molecule has 3 heterocycles. The molecule has 0 radical (unpaired) electrons. The minimum atomic E-state index is -1.96. The van der Waals surface area contributed by atoms with Crippen LogP contribution >= 0.6 is 11.3 Å². The summed E-state index contributed by atoms with van der Waals surface area (Å²) >= 11 is 1.54. The molecule has 1 saturated carbocycles. The summed E-state index contributed by atoms with van der Waals surface area (Å²) in [5.41, 5.74) is 3.72. The van der Waals surface area contributed by atoms with Gasteiger partial charge < -0.3 is 34.9 Å². The van der Waals surface area contributed by atoms with Crippen LogP contribution in [0, 0.1) is 12.3 Å². The van der Waals surface area contributed by atoms with E-state index in [1.165, 1.54) is 16.2 Å². The summed E-state index contributed by atoms with van der Waals surface area (Å²) in [5, 5.41) is 16.1. The Labute approximate surface area is 301 Å². The molecule has 3 aliphatic rings. The van der Waals surface area contributed by atoms with Crippen LogP contribution in [-0.4, -0.2) is 82.9 Å². The monoisotopic (exact) mass is 722 g/mol. The van der Waals surface area contributed by atoms with Crippen LogP contribution in [0.4, 0.5) is 4.39 Å². The fraction of sp³-hybridized carbons (Fsp3) is 0.526. The van der Waals surface area contributed by atoms with Crippen LogP contribution in [0.15, 0.2) is 48.0 Å². The largest absolute Gasteiger partial charge is 0.493 e. The van der Waals surface area contributed by atoms with Gasteiger partial charge in [-0.3, -0.25) is 14.4 Å². The standard InChI is InChI=1S/C38H47FN4O7S/c1-22(24-6-8-25(9-7-24)35-48-14-15-49-35)20-50-30-16-26(31-23(2)41-21-51-31)10-11-27(30)18-40-33(45)29-17-28(44)19-43(29)34(46)32(37(3,4)5)42-36(47)38(39)12-13-38/h6-11,16,21-22,28-29,32,35,44H,12-15,17-20H2,1-5H3,(H,40,45)(H,42,47)/t22?,28-,29+,32-/m1/s1. The van der Waals surface area contributed by atoms with Gasteiger partial charge in [0, 0.05) is 36.6 Å². The van der Waals surface area contributed by atoms with Gasteiger partial charge in [0.25, 0.3) is 5.91 Å². The number of hydrogen-bond acceptors (Lipinski definition) is 9. The van der Waals surface area contributed by atoms with Crippen LogP contribution in [0.1, 0.15) is 81.5 Å². The molecule has 3 N–H and O–H groups in total. The maximum atomic E-state index is 14.6. The fourth-order valence-corrected chi connectivity index (χ4v) is 7.22. The van der Waals surface area contributed by atoms with Crippen molar-refractivity contribution < 1.29 is 38.1 Å². The molecule has 2 aromatic carbocycles. The molecule has 1 unspecified atom stereocenters. The summed E-state index contributed by atoms with van der Waals surface area (Å²) in [7, 11) is 0. The number of nitrogens with one attached hydrogen (secondary N) is 2. The van der Waals surface area contributed by atoms with Gasteiger partial charge in [-0.25, -0.2) is 9.37 Å². The highest BCUT2D eigenvalue weighted by molar-refractivity contribution is 7.13. The van der Waals surface area contributed by atoms with Crippen molar-refractivity contribution in [3.8, 4) is 16.2 Å². The lowest BCUT2D eigenvalue weighted by Gasteiger charge is -2.35. The fourth-order valence-electron chi connectivity index (χ4n) is 6.42. The minimum absolute atomic E-state index is 0.0394. The minimum Gasteiger partial charge on any atom is -0.493 e. The summed E-state index contributed by atoms with van der Waals surface area (Å²) in [6.45, 7) is 10.9. The van der Waals surface area contributed by atoms with E-state index in [0.717, 1.165) is 32.8 Å². The lowest BCUT2D eigenvalue weighted by atomic mass is 9.85. The number of benzene rings is 2. The summed E-state index contributed by atoms with van der Waals surface area (Å²) in [4.78, 5) is 46.9. The molecule has 2 aliphatic heterocycles. The smallest absolute Gasteiger partial charge is 0.258 e. The van der Waals surface area contributed by atoms with E-state index in [-0.39, 0.29) is 44.6 Å². The van der Waals surface area contributed by atoms with Crippen molar-refractivity contribution in [2.45, 2.75) is 96.5 Å². The summed E-state index contributed by atoms with van der Waals surface area (Å²) in [6, 6.07) is 11.9. The van der Waals surface area contributed by atoms with Crippen LogP contribution in [0.2, 0.25) is 0 Å². The average molecular weight is 723 g/mol. The Hall–Kier alpha value is -3.91. The van der Waals surface area contributed by atoms with E-state index < -0.39 is 47.0 Å². The number of carbonyl (C=O) groups is 3. The van der Waals surface area contributed by atoms with Crippen molar-refractivity contribution in [2.24, 2.45) is 5.41 Å². The molecule has 51 heavy (non-hydrogen) atoms. The van der Waals surface area contributed by atoms with E-state index in [2.05, 4.69) is 22.5 Å². The molecular formula is C38H47FN4O7S. The molecule has 0 spiro atoms. The molecule has 0 bridgehead atoms. The number of halogens is 1. The third-order valence-electron chi connectivity index (χ3n) is 9.77. The molecule has 274 valence electrons. The van der Waals surface area contributed by atoms with Crippen LogP contribution in [0.5, 0.6) is 5.75 Å². The summed E-state index contributed by atoms with van der Waals surface area (Å²) in [6.07, 6.45) is -0.988. The molecule has 4 atom stereocenters. The quantitative estimate of drug-likeness (QED) is 0.239. The number of β-amino-alcohol motifs (C(OH)–C–C–N with tert-alkyl or cyclic N) is 1. The zero-order valence-corrected chi connectivity index (χ0v) is 30.6. The van der Waals surface area contributed by atoms with Crippen LogP contribution in [0.25, 0.3) is 10.4 Å². The Morgan fingerprint density at radius 2 is 1.84 bits per heavy atom. The average Bonchev–Trinajstić information content (AvgIpc) is 3.48. The van der Waals surface area contributed by atoms with Gasteiger partial charge in [0.05, 0.1) is 42.0 Å². The predicted molar refractivity (Wildman–Crippen MR) is 190 cm³/mol. The SMILES string of the molecule is Cc1ncsc1-c1ccc(CNC(=O)[C@@H]2C[C@@H](O)CN2C(=O)[C@@H](NC(=O)C2(F)CC2)C(C)(C)C)c(OCC(C)c2ccc(C3OCCO3)cc2)c1. The molecule has 1 aliphatic carbocycles. The number of hydrogen-bond donors (Lipinski definition) is 3. The number of aliphatic hydroxyl groups is 1. The first-order chi connectivity index (χ1) is 24.2. The molecule has 3 aromatic rings. The first-order valence-electron chi connectivity index (χ1n) is 17.5. The van der Waals surface area contributed by atoms with Gasteiger partial charge in [0.2, 0.25) is 11.8 Å². The molecule has 11 nitrogen and oxygen atoms in total. The van der Waals surface area contributed by atoms with Crippen molar-refractivity contribution in [3.05, 3.63) is 70.4 Å². The molecule has 6 rings (SSSR count). The summed E-state index contributed by atoms with van der Waals surface area (Å²) in [5.74, 6) is -1.15. The number of likely N-dealkylation sites (tertiary alicyclic amines) is 1. The Bertz CT molecular complexity index is 1730. The number of aromatic nitrogens is 1. The Morgan fingerprint density at radius 1 is 1.14 bits per heavy atom. The number of aliphatic hydroxyl groups excluding tert-OH is 1. The molecule has 2 saturated heterocycles. The van der Waals surface area contributed by atoms with Gasteiger partial charge in [-0.2, -0.15) is 0 Å². The van der Waals surface area contributed by atoms with Gasteiger partial charge in [-0.15, -0.1) is 11.3 Å². The second-order valence-electron chi connectivity index (χ2n) is 14.9. The van der Waals surface area contributed by atoms with Gasteiger partial charge in [-0.1, -0.05) is 64.1 Å². The van der Waals surface area contributed by atoms with Crippen LogP contribution < -0.4 is 15.4 Å². The van der Waals surface area contributed by atoms with E-state index >= 15 is 0 Å². The molecule has 1 aromatic heterocycles. The number of alkyl halides is 1. The lowest BCUT2D eigenvalue weighted by molar-refractivity contribution is -0.145. The normalized spacial score (nSPS) is 21.3. The predicted octanol–water partition coefficient (Wildman–Crippen LogP) is 4.96. The van der Waals surface area contributed by atoms with E-state index in [1.54, 1.807) is 26.3 Å². The topological polar surface area (TPSA) is 139 Å². The van der Waals surface area contributed by atoms with Crippen molar-refractivity contribution in [3.63, 3.8) is 0 Å². The highest BCUT2D eigenvalue weighted by atomic mass is 32.1. The lowest BCUT2D eigenvalue weighted by Crippen LogP contribution is -2.59. The van der Waals surface area contributed by atoms with Crippen molar-refractivity contribution >= 4 is 29.1 Å². The Morgan fingerprint density at radius 3 is 2.47 bits per heavy atom. The van der Waals surface area contributed by atoms with E-state index in [9.17, 15) is 23.9 Å². The van der Waals surface area contributed by atoms with Gasteiger partial charge in [0.15, 0.2) is 12.0 Å². The second kappa shape index (κ2) is 15.0. The first kappa shape index (κ1) is 36.9.